The first kappa shape index (κ1) is 21.3. The van der Waals surface area contributed by atoms with E-state index < -0.39 is 45.8 Å². The lowest BCUT2D eigenvalue weighted by Gasteiger charge is -2.29. The van der Waals surface area contributed by atoms with E-state index in [1.54, 1.807) is 31.2 Å². The third-order valence-corrected chi connectivity index (χ3v) is 7.42. The van der Waals surface area contributed by atoms with Crippen LogP contribution in [-0.2, 0) is 25.0 Å². The second kappa shape index (κ2) is 8.14. The topological polar surface area (TPSA) is 104 Å². The van der Waals surface area contributed by atoms with Crippen molar-refractivity contribution in [1.29, 1.82) is 0 Å². The Labute approximate surface area is 171 Å². The van der Waals surface area contributed by atoms with Gasteiger partial charge >= 0.3 is 6.03 Å². The summed E-state index contributed by atoms with van der Waals surface area (Å²) in [5, 5.41) is 2.80. The number of amides is 4. The van der Waals surface area contributed by atoms with E-state index in [0.29, 0.717) is 31.4 Å². The zero-order valence-electron chi connectivity index (χ0n) is 16.8. The maximum absolute atomic E-state index is 13.3. The first-order valence-corrected chi connectivity index (χ1v) is 11.8. The highest BCUT2D eigenvalue weighted by molar-refractivity contribution is 7.91. The molecule has 1 N–H and O–H groups in total. The summed E-state index contributed by atoms with van der Waals surface area (Å²) in [5.74, 6) is -0.883. The number of nitrogens with one attached hydrogen (secondary N) is 1. The van der Waals surface area contributed by atoms with Crippen LogP contribution in [0, 0.1) is 0 Å². The Kier molecular flexibility index (Phi) is 5.97. The highest BCUT2D eigenvalue weighted by Gasteiger charge is 2.52. The van der Waals surface area contributed by atoms with Gasteiger partial charge in [-0.15, -0.1) is 0 Å². The molecule has 2 atom stereocenters. The highest BCUT2D eigenvalue weighted by atomic mass is 32.2. The number of carbonyl (C=O) groups excluding carboxylic acids is 3. The predicted molar refractivity (Wildman–Crippen MR) is 108 cm³/mol. The van der Waals surface area contributed by atoms with Crippen LogP contribution in [-0.4, -0.2) is 66.7 Å². The highest BCUT2D eigenvalue weighted by Crippen LogP contribution is 2.33. The second-order valence-corrected chi connectivity index (χ2v) is 9.81. The van der Waals surface area contributed by atoms with Gasteiger partial charge in [-0.3, -0.25) is 14.5 Å². The van der Waals surface area contributed by atoms with Gasteiger partial charge in [-0.25, -0.2) is 13.2 Å². The molecular formula is C20H27N3O5S. The number of rotatable bonds is 7. The molecule has 2 saturated heterocycles. The van der Waals surface area contributed by atoms with Crippen LogP contribution in [0.4, 0.5) is 4.79 Å². The Morgan fingerprint density at radius 1 is 1.24 bits per heavy atom. The Hall–Kier alpha value is -2.42. The van der Waals surface area contributed by atoms with E-state index in [2.05, 4.69) is 5.32 Å². The normalized spacial score (nSPS) is 25.9. The first-order chi connectivity index (χ1) is 13.7. The summed E-state index contributed by atoms with van der Waals surface area (Å²) in [6.07, 6.45) is 1.47. The molecule has 0 saturated carbocycles. The fourth-order valence-electron chi connectivity index (χ4n) is 4.26. The van der Waals surface area contributed by atoms with Gasteiger partial charge in [0.2, 0.25) is 5.91 Å². The minimum absolute atomic E-state index is 0.0538. The number of hydrogen-bond acceptors (Lipinski definition) is 5. The van der Waals surface area contributed by atoms with Gasteiger partial charge in [0, 0.05) is 12.6 Å². The van der Waals surface area contributed by atoms with E-state index in [1.807, 2.05) is 13.0 Å². The molecule has 0 bridgehead atoms. The molecule has 0 unspecified atom stereocenters. The molecular weight excluding hydrogens is 394 g/mol. The van der Waals surface area contributed by atoms with Gasteiger partial charge in [0.1, 0.15) is 12.1 Å². The van der Waals surface area contributed by atoms with E-state index in [1.165, 1.54) is 4.90 Å². The Bertz CT molecular complexity index is 902. The zero-order valence-corrected chi connectivity index (χ0v) is 17.6. The smallest absolute Gasteiger partial charge is 0.325 e. The lowest BCUT2D eigenvalue weighted by atomic mass is 9.85. The lowest BCUT2D eigenvalue weighted by Crippen LogP contribution is -2.48. The summed E-state index contributed by atoms with van der Waals surface area (Å²) >= 11 is 0. The summed E-state index contributed by atoms with van der Waals surface area (Å²) in [4.78, 5) is 41.2. The van der Waals surface area contributed by atoms with Gasteiger partial charge < -0.3 is 10.2 Å². The van der Waals surface area contributed by atoms with Crippen molar-refractivity contribution in [2.75, 3.05) is 24.6 Å². The molecule has 0 spiro atoms. The summed E-state index contributed by atoms with van der Waals surface area (Å²) in [6, 6.07) is 8.02. The fraction of sp³-hybridized carbons (Fsp3) is 0.550. The molecule has 8 nitrogen and oxygen atoms in total. The molecule has 0 radical (unpaired) electrons. The Morgan fingerprint density at radius 2 is 1.93 bits per heavy atom. The zero-order chi connectivity index (χ0) is 21.2. The monoisotopic (exact) mass is 421 g/mol. The number of imide groups is 1. The molecule has 9 heteroatoms. The third-order valence-electron chi connectivity index (χ3n) is 5.67. The minimum atomic E-state index is -3.15. The van der Waals surface area contributed by atoms with E-state index in [9.17, 15) is 22.8 Å². The molecule has 1 aromatic rings. The van der Waals surface area contributed by atoms with Crippen molar-refractivity contribution in [2.24, 2.45) is 0 Å². The van der Waals surface area contributed by atoms with Crippen molar-refractivity contribution in [3.8, 4) is 0 Å². The van der Waals surface area contributed by atoms with Crippen molar-refractivity contribution >= 4 is 27.7 Å². The molecule has 2 heterocycles. The van der Waals surface area contributed by atoms with Gasteiger partial charge in [0.05, 0.1) is 11.5 Å². The molecule has 4 amide bonds. The van der Waals surface area contributed by atoms with Gasteiger partial charge in [0.25, 0.3) is 5.91 Å². The van der Waals surface area contributed by atoms with Crippen molar-refractivity contribution in [2.45, 2.75) is 44.7 Å². The molecule has 1 aromatic carbocycles. The molecule has 2 aliphatic heterocycles. The predicted octanol–water partition coefficient (Wildman–Crippen LogP) is 1.27. The largest absolute Gasteiger partial charge is 0.337 e. The van der Waals surface area contributed by atoms with Crippen LogP contribution in [0.25, 0.3) is 0 Å². The summed E-state index contributed by atoms with van der Waals surface area (Å²) < 4.78 is 23.6. The second-order valence-electron chi connectivity index (χ2n) is 7.58. The summed E-state index contributed by atoms with van der Waals surface area (Å²) in [6.45, 7) is 3.62. The molecule has 0 aliphatic carbocycles. The number of benzene rings is 1. The van der Waals surface area contributed by atoms with Crippen molar-refractivity contribution in [3.05, 3.63) is 35.9 Å². The van der Waals surface area contributed by atoms with Gasteiger partial charge in [-0.2, -0.15) is 0 Å². The Balaban J connectivity index is 1.81. The molecule has 2 aliphatic rings. The maximum Gasteiger partial charge on any atom is 0.325 e. The van der Waals surface area contributed by atoms with E-state index in [-0.39, 0.29) is 11.5 Å². The van der Waals surface area contributed by atoms with E-state index >= 15 is 0 Å². The number of urea groups is 1. The lowest BCUT2D eigenvalue weighted by molar-refractivity contribution is -0.140. The van der Waals surface area contributed by atoms with Crippen molar-refractivity contribution in [1.82, 2.24) is 15.1 Å². The van der Waals surface area contributed by atoms with E-state index in [4.69, 9.17) is 0 Å². The number of sulfone groups is 1. The average Bonchev–Trinajstić information content (AvgIpc) is 3.16. The van der Waals surface area contributed by atoms with Crippen LogP contribution < -0.4 is 5.32 Å². The fourth-order valence-corrected chi connectivity index (χ4v) is 5.99. The van der Waals surface area contributed by atoms with Crippen molar-refractivity contribution < 1.29 is 22.8 Å². The number of likely N-dealkylation sites (N-methyl/N-ethyl adjacent to an activating group) is 1. The van der Waals surface area contributed by atoms with Gasteiger partial charge in [-0.1, -0.05) is 43.7 Å². The number of carbonyl (C=O) groups is 3. The van der Waals surface area contributed by atoms with Crippen molar-refractivity contribution in [3.63, 3.8) is 0 Å². The first-order valence-electron chi connectivity index (χ1n) is 9.93. The SMILES string of the molecule is CCC[C@@]1(c2ccccc2)NC(=O)N(CC(=O)N(CC)[C@H]2CCS(=O)(=O)C2)C1=O. The summed E-state index contributed by atoms with van der Waals surface area (Å²) in [7, 11) is -3.15. The van der Waals surface area contributed by atoms with Gasteiger partial charge in [0.15, 0.2) is 9.84 Å². The molecule has 0 aromatic heterocycles. The number of hydrogen-bond donors (Lipinski definition) is 1. The molecule has 158 valence electrons. The van der Waals surface area contributed by atoms with Crippen LogP contribution >= 0.6 is 0 Å². The molecule has 29 heavy (non-hydrogen) atoms. The van der Waals surface area contributed by atoms with Crippen LogP contribution in [0.1, 0.15) is 38.7 Å². The summed E-state index contributed by atoms with van der Waals surface area (Å²) in [5.41, 5.74) is -0.495. The number of nitrogens with zero attached hydrogens (tertiary/aromatic N) is 2. The minimum Gasteiger partial charge on any atom is -0.337 e. The maximum atomic E-state index is 13.3. The van der Waals surface area contributed by atoms with E-state index in [0.717, 1.165) is 4.90 Å². The van der Waals surface area contributed by atoms with Crippen LogP contribution in [0.2, 0.25) is 0 Å². The Morgan fingerprint density at radius 3 is 2.48 bits per heavy atom. The molecule has 2 fully saturated rings. The standard InChI is InChI=1S/C20H27N3O5S/c1-3-11-20(15-8-6-5-7-9-15)18(25)23(19(26)21-20)13-17(24)22(4-2)16-10-12-29(27,28)14-16/h5-9,16H,3-4,10-14H2,1-2H3,(H,21,26)/t16-,20-/m0/s1. The van der Waals surface area contributed by atoms with Gasteiger partial charge in [-0.05, 0) is 25.3 Å². The third kappa shape index (κ3) is 4.01. The van der Waals surface area contributed by atoms with Crippen LogP contribution in [0.5, 0.6) is 0 Å². The quantitative estimate of drug-likeness (QED) is 0.668. The van der Waals surface area contributed by atoms with Crippen LogP contribution in [0.3, 0.4) is 0 Å². The average molecular weight is 422 g/mol. The molecule has 3 rings (SSSR count). The van der Waals surface area contributed by atoms with Crippen LogP contribution in [0.15, 0.2) is 30.3 Å².